The number of rotatable bonds is 3. The van der Waals surface area contributed by atoms with Crippen LogP contribution in [0.5, 0.6) is 0 Å². The number of hydrogen-bond acceptors (Lipinski definition) is 5. The Balaban J connectivity index is 2.88. The van der Waals surface area contributed by atoms with E-state index in [1.165, 1.54) is 24.4 Å². The summed E-state index contributed by atoms with van der Waals surface area (Å²) >= 11 is 0. The molecule has 0 spiro atoms. The van der Waals surface area contributed by atoms with Crippen molar-refractivity contribution in [3.63, 3.8) is 0 Å². The van der Waals surface area contributed by atoms with Crippen molar-refractivity contribution in [1.82, 2.24) is 9.97 Å². The fourth-order valence-corrected chi connectivity index (χ4v) is 2.53. The summed E-state index contributed by atoms with van der Waals surface area (Å²) < 4.78 is 23.3. The minimum atomic E-state index is -4.04. The molecular formula is C12H12N4O3S. The van der Waals surface area contributed by atoms with E-state index in [1.54, 1.807) is 13.0 Å². The summed E-state index contributed by atoms with van der Waals surface area (Å²) in [6.45, 7) is 1.72. The predicted molar refractivity (Wildman–Crippen MR) is 72.1 cm³/mol. The average Bonchev–Trinajstić information content (AvgIpc) is 2.36. The van der Waals surface area contributed by atoms with E-state index in [0.717, 1.165) is 0 Å². The maximum atomic E-state index is 11.7. The first-order valence-corrected chi connectivity index (χ1v) is 7.11. The Labute approximate surface area is 115 Å². The molecule has 0 unspecified atom stereocenters. The van der Waals surface area contributed by atoms with Crippen LogP contribution in [0.1, 0.15) is 16.1 Å². The lowest BCUT2D eigenvalue weighted by molar-refractivity contribution is 0.100. The van der Waals surface area contributed by atoms with Gasteiger partial charge in [0.25, 0.3) is 0 Å². The zero-order valence-electron chi connectivity index (χ0n) is 10.6. The van der Waals surface area contributed by atoms with Gasteiger partial charge in [0.15, 0.2) is 5.82 Å². The highest BCUT2D eigenvalue weighted by Crippen LogP contribution is 2.27. The molecule has 0 atom stereocenters. The number of carbonyl (C=O) groups is 1. The Kier molecular flexibility index (Phi) is 3.51. The van der Waals surface area contributed by atoms with Gasteiger partial charge in [-0.05, 0) is 25.1 Å². The molecule has 0 aliphatic carbocycles. The standard InChI is InChI=1S/C12H12N4O3S/c1-7-5-6-15-12(16-7)10-8(11(13)17)3-2-4-9(10)20(14,18)19/h2-6H,1H3,(H2,13,17)(H2,14,18,19). The second-order valence-electron chi connectivity index (χ2n) is 4.11. The van der Waals surface area contributed by atoms with E-state index in [9.17, 15) is 13.2 Å². The van der Waals surface area contributed by atoms with Gasteiger partial charge < -0.3 is 5.73 Å². The molecule has 1 heterocycles. The molecule has 104 valence electrons. The molecule has 0 bridgehead atoms. The molecule has 0 saturated heterocycles. The van der Waals surface area contributed by atoms with Crippen LogP contribution in [0.4, 0.5) is 0 Å². The number of primary amides is 1. The minimum absolute atomic E-state index is 0.00197. The number of nitrogens with zero attached hydrogens (tertiary/aromatic N) is 2. The first-order valence-electron chi connectivity index (χ1n) is 5.56. The highest BCUT2D eigenvalue weighted by atomic mass is 32.2. The molecule has 0 fully saturated rings. The first-order chi connectivity index (χ1) is 9.30. The summed E-state index contributed by atoms with van der Waals surface area (Å²) in [6, 6.07) is 5.72. The molecule has 2 rings (SSSR count). The van der Waals surface area contributed by atoms with E-state index >= 15 is 0 Å². The van der Waals surface area contributed by atoms with Crippen LogP contribution in [0.2, 0.25) is 0 Å². The second kappa shape index (κ2) is 4.99. The lowest BCUT2D eigenvalue weighted by Gasteiger charge is -2.10. The van der Waals surface area contributed by atoms with Crippen LogP contribution >= 0.6 is 0 Å². The monoisotopic (exact) mass is 292 g/mol. The fourth-order valence-electron chi connectivity index (χ4n) is 1.77. The fraction of sp³-hybridized carbons (Fsp3) is 0.0833. The van der Waals surface area contributed by atoms with Crippen molar-refractivity contribution in [2.75, 3.05) is 0 Å². The van der Waals surface area contributed by atoms with Crippen molar-refractivity contribution in [2.24, 2.45) is 10.9 Å². The van der Waals surface area contributed by atoms with Gasteiger partial charge in [-0.1, -0.05) is 6.07 Å². The molecule has 1 aromatic heterocycles. The van der Waals surface area contributed by atoms with Gasteiger partial charge in [0, 0.05) is 11.9 Å². The number of aromatic nitrogens is 2. The van der Waals surface area contributed by atoms with Crippen molar-refractivity contribution in [1.29, 1.82) is 0 Å². The van der Waals surface area contributed by atoms with Crippen molar-refractivity contribution in [2.45, 2.75) is 11.8 Å². The molecule has 4 N–H and O–H groups in total. The van der Waals surface area contributed by atoms with Crippen LogP contribution in [0.25, 0.3) is 11.4 Å². The van der Waals surface area contributed by atoms with Crippen LogP contribution in [-0.4, -0.2) is 24.3 Å². The lowest BCUT2D eigenvalue weighted by atomic mass is 10.1. The van der Waals surface area contributed by atoms with Gasteiger partial charge >= 0.3 is 0 Å². The number of sulfonamides is 1. The molecule has 0 saturated carbocycles. The Morgan fingerprint density at radius 2 is 1.95 bits per heavy atom. The predicted octanol–water partition coefficient (Wildman–Crippen LogP) is 0.198. The number of carbonyl (C=O) groups excluding carboxylic acids is 1. The Bertz CT molecular complexity index is 787. The van der Waals surface area contributed by atoms with E-state index in [1.807, 2.05) is 0 Å². The third-order valence-corrected chi connectivity index (χ3v) is 3.57. The SMILES string of the molecule is Cc1ccnc(-c2c(C(N)=O)cccc2S(N)(=O)=O)n1. The normalized spacial score (nSPS) is 11.3. The van der Waals surface area contributed by atoms with Gasteiger partial charge in [-0.2, -0.15) is 0 Å². The van der Waals surface area contributed by atoms with Crippen LogP contribution in [0.15, 0.2) is 35.4 Å². The molecule has 8 heteroatoms. The number of nitrogens with two attached hydrogens (primary N) is 2. The summed E-state index contributed by atoms with van der Waals surface area (Å²) in [6.07, 6.45) is 1.46. The summed E-state index contributed by atoms with van der Waals surface area (Å²) in [7, 11) is -4.04. The Morgan fingerprint density at radius 3 is 2.50 bits per heavy atom. The average molecular weight is 292 g/mol. The largest absolute Gasteiger partial charge is 0.366 e. The molecule has 20 heavy (non-hydrogen) atoms. The zero-order valence-corrected chi connectivity index (χ0v) is 11.4. The maximum absolute atomic E-state index is 11.7. The quantitative estimate of drug-likeness (QED) is 0.834. The van der Waals surface area contributed by atoms with Crippen LogP contribution < -0.4 is 10.9 Å². The number of hydrogen-bond donors (Lipinski definition) is 2. The van der Waals surface area contributed by atoms with Crippen molar-refractivity contribution < 1.29 is 13.2 Å². The summed E-state index contributed by atoms with van der Waals surface area (Å²) in [5.74, 6) is -0.695. The summed E-state index contributed by atoms with van der Waals surface area (Å²) in [5.41, 5.74) is 5.91. The summed E-state index contributed by atoms with van der Waals surface area (Å²) in [4.78, 5) is 19.4. The first kappa shape index (κ1) is 14.1. The van der Waals surface area contributed by atoms with Crippen molar-refractivity contribution >= 4 is 15.9 Å². The smallest absolute Gasteiger partial charge is 0.249 e. The topological polar surface area (TPSA) is 129 Å². The maximum Gasteiger partial charge on any atom is 0.249 e. The van der Waals surface area contributed by atoms with Crippen molar-refractivity contribution in [3.8, 4) is 11.4 Å². The third-order valence-electron chi connectivity index (χ3n) is 2.62. The highest BCUT2D eigenvalue weighted by molar-refractivity contribution is 7.89. The number of benzene rings is 1. The molecular weight excluding hydrogens is 280 g/mol. The van der Waals surface area contributed by atoms with Gasteiger partial charge in [-0.25, -0.2) is 23.5 Å². The molecule has 1 amide bonds. The number of amides is 1. The van der Waals surface area contributed by atoms with E-state index in [-0.39, 0.29) is 21.8 Å². The number of aryl methyl sites for hydroxylation is 1. The highest BCUT2D eigenvalue weighted by Gasteiger charge is 2.22. The van der Waals surface area contributed by atoms with Crippen molar-refractivity contribution in [3.05, 3.63) is 41.7 Å². The van der Waals surface area contributed by atoms with E-state index in [0.29, 0.717) is 5.69 Å². The van der Waals surface area contributed by atoms with Gasteiger partial charge in [-0.3, -0.25) is 4.79 Å². The zero-order chi connectivity index (χ0) is 14.9. The van der Waals surface area contributed by atoms with Gasteiger partial charge in [0.05, 0.1) is 16.0 Å². The molecule has 0 aliphatic heterocycles. The van der Waals surface area contributed by atoms with Gasteiger partial charge in [0.2, 0.25) is 15.9 Å². The molecule has 7 nitrogen and oxygen atoms in total. The van der Waals surface area contributed by atoms with Crippen LogP contribution in [0, 0.1) is 6.92 Å². The van der Waals surface area contributed by atoms with Crippen LogP contribution in [-0.2, 0) is 10.0 Å². The third kappa shape index (κ3) is 2.65. The molecule has 1 aromatic carbocycles. The Hall–Kier alpha value is -2.32. The minimum Gasteiger partial charge on any atom is -0.366 e. The molecule has 2 aromatic rings. The van der Waals surface area contributed by atoms with E-state index in [4.69, 9.17) is 10.9 Å². The van der Waals surface area contributed by atoms with E-state index < -0.39 is 15.9 Å². The molecule has 0 radical (unpaired) electrons. The second-order valence-corrected chi connectivity index (χ2v) is 5.64. The van der Waals surface area contributed by atoms with Gasteiger partial charge in [-0.15, -0.1) is 0 Å². The lowest BCUT2D eigenvalue weighted by Crippen LogP contribution is -2.19. The van der Waals surface area contributed by atoms with Crippen LogP contribution in [0.3, 0.4) is 0 Å². The van der Waals surface area contributed by atoms with E-state index in [2.05, 4.69) is 9.97 Å². The molecule has 0 aliphatic rings. The number of primary sulfonamides is 1. The summed E-state index contributed by atoms with van der Waals surface area (Å²) in [5, 5.41) is 5.17. The Morgan fingerprint density at radius 1 is 1.25 bits per heavy atom. The van der Waals surface area contributed by atoms with Gasteiger partial charge in [0.1, 0.15) is 0 Å².